The van der Waals surface area contributed by atoms with E-state index in [1.54, 1.807) is 0 Å². The fourth-order valence-corrected chi connectivity index (χ4v) is 4.87. The summed E-state index contributed by atoms with van der Waals surface area (Å²) in [6, 6.07) is 2.65. The third-order valence-electron chi connectivity index (χ3n) is 5.72. The summed E-state index contributed by atoms with van der Waals surface area (Å²) in [5, 5.41) is 1.96. The molecule has 4 nitrogen and oxygen atoms in total. The van der Waals surface area contributed by atoms with E-state index in [0.717, 1.165) is 42.6 Å². The van der Waals surface area contributed by atoms with Crippen molar-refractivity contribution in [1.29, 1.82) is 0 Å². The number of nitrogens with zero attached hydrogens (tertiary/aromatic N) is 3. The van der Waals surface area contributed by atoms with Crippen LogP contribution in [-0.2, 0) is 0 Å². The molecule has 0 aromatic carbocycles. The van der Waals surface area contributed by atoms with E-state index >= 15 is 0 Å². The summed E-state index contributed by atoms with van der Waals surface area (Å²) in [4.78, 5) is 22.6. The summed E-state index contributed by atoms with van der Waals surface area (Å²) in [5.74, 6) is 4.61. The van der Waals surface area contributed by atoms with Gasteiger partial charge in [-0.1, -0.05) is 6.92 Å². The van der Waals surface area contributed by atoms with Crippen molar-refractivity contribution in [2.75, 3.05) is 26.2 Å². The molecule has 5 heteroatoms. The Balaban J connectivity index is 1.56. The van der Waals surface area contributed by atoms with Crippen LogP contribution in [0.2, 0.25) is 0 Å². The van der Waals surface area contributed by atoms with Crippen molar-refractivity contribution in [2.45, 2.75) is 52.0 Å². The molecule has 1 saturated carbocycles. The number of carbonyl (C=O) groups excluding carboxylic acids is 1. The van der Waals surface area contributed by atoms with Gasteiger partial charge in [0.2, 0.25) is 0 Å². The number of hydrogen-bond donors (Lipinski definition) is 0. The van der Waals surface area contributed by atoms with Crippen molar-refractivity contribution in [1.82, 2.24) is 9.80 Å². The maximum Gasteiger partial charge on any atom is 0.174 e. The van der Waals surface area contributed by atoms with Crippen LogP contribution in [0.5, 0.6) is 0 Å². The van der Waals surface area contributed by atoms with Crippen LogP contribution in [-0.4, -0.2) is 53.6 Å². The van der Waals surface area contributed by atoms with Gasteiger partial charge in [-0.05, 0) is 44.1 Å². The van der Waals surface area contributed by atoms with Gasteiger partial charge < -0.3 is 4.90 Å². The molecule has 0 spiro atoms. The van der Waals surface area contributed by atoms with Gasteiger partial charge in [-0.3, -0.25) is 9.69 Å². The first-order valence-corrected chi connectivity index (χ1v) is 10.6. The van der Waals surface area contributed by atoms with Crippen molar-refractivity contribution < 1.29 is 4.79 Å². The number of piperazine rings is 1. The van der Waals surface area contributed by atoms with Crippen LogP contribution >= 0.6 is 11.3 Å². The van der Waals surface area contributed by atoms with Crippen LogP contribution in [0.1, 0.15) is 55.6 Å². The topological polar surface area (TPSA) is 35.9 Å². The lowest BCUT2D eigenvalue weighted by Gasteiger charge is -2.42. The molecule has 26 heavy (non-hydrogen) atoms. The summed E-state index contributed by atoms with van der Waals surface area (Å²) >= 11 is 1.49. The maximum absolute atomic E-state index is 12.0. The van der Waals surface area contributed by atoms with E-state index in [2.05, 4.69) is 22.6 Å². The molecular weight excluding hydrogens is 342 g/mol. The minimum absolute atomic E-state index is 0.180. The molecule has 2 aliphatic rings. The van der Waals surface area contributed by atoms with E-state index in [0.29, 0.717) is 18.4 Å². The van der Waals surface area contributed by atoms with Crippen molar-refractivity contribution in [3.63, 3.8) is 0 Å². The summed E-state index contributed by atoms with van der Waals surface area (Å²) in [5.41, 5.74) is 0.828. The zero-order valence-electron chi connectivity index (χ0n) is 15.9. The van der Waals surface area contributed by atoms with E-state index in [4.69, 9.17) is 11.4 Å². The van der Waals surface area contributed by atoms with Gasteiger partial charge in [0.1, 0.15) is 5.84 Å². The highest BCUT2D eigenvalue weighted by Crippen LogP contribution is 2.29. The van der Waals surface area contributed by atoms with Gasteiger partial charge in [0, 0.05) is 44.6 Å². The quantitative estimate of drug-likeness (QED) is 0.344. The van der Waals surface area contributed by atoms with Crippen molar-refractivity contribution in [3.8, 4) is 12.3 Å². The lowest BCUT2D eigenvalue weighted by molar-refractivity contribution is 0.0992. The molecule has 1 aliphatic carbocycles. The molecule has 0 unspecified atom stereocenters. The number of aliphatic imine (C=N–C) groups is 1. The standard InChI is InChI=1S/C21H29N3OS/c1-4-17-6-8-18(9-7-17)24-13-11-23(12-14-24)16(3)22-19-10-15-26-21(19)20(25)5-2/h1,10,15,17-18H,5-9,11-14H2,2-3H3. The highest BCUT2D eigenvalue weighted by molar-refractivity contribution is 7.12. The van der Waals surface area contributed by atoms with Crippen LogP contribution in [0.15, 0.2) is 16.4 Å². The second-order valence-electron chi connectivity index (χ2n) is 7.27. The lowest BCUT2D eigenvalue weighted by Crippen LogP contribution is -2.52. The first kappa shape index (κ1) is 19.1. The molecule has 0 N–H and O–H groups in total. The number of carbonyl (C=O) groups is 1. The Bertz CT molecular complexity index is 686. The number of terminal acetylenes is 1. The molecule has 2 heterocycles. The van der Waals surface area contributed by atoms with Crippen LogP contribution in [0.3, 0.4) is 0 Å². The Morgan fingerprint density at radius 2 is 1.96 bits per heavy atom. The smallest absolute Gasteiger partial charge is 0.174 e. The molecule has 0 radical (unpaired) electrons. The third-order valence-corrected chi connectivity index (χ3v) is 6.67. The second kappa shape index (κ2) is 8.83. The molecule has 2 fully saturated rings. The van der Waals surface area contributed by atoms with Gasteiger partial charge in [0.05, 0.1) is 10.6 Å². The summed E-state index contributed by atoms with van der Waals surface area (Å²) in [6.45, 7) is 8.15. The van der Waals surface area contributed by atoms with Crippen LogP contribution in [0.4, 0.5) is 5.69 Å². The average molecular weight is 372 g/mol. The van der Waals surface area contributed by atoms with Crippen LogP contribution in [0, 0.1) is 18.3 Å². The number of ketones is 1. The molecule has 1 aromatic rings. The zero-order valence-corrected chi connectivity index (χ0v) is 16.7. The lowest BCUT2D eigenvalue weighted by atomic mass is 9.85. The van der Waals surface area contributed by atoms with Gasteiger partial charge in [-0.2, -0.15) is 0 Å². The summed E-state index contributed by atoms with van der Waals surface area (Å²) in [6.07, 6.45) is 10.9. The molecule has 1 aliphatic heterocycles. The van der Waals surface area contributed by atoms with E-state index in [-0.39, 0.29) is 5.78 Å². The Morgan fingerprint density at radius 1 is 1.27 bits per heavy atom. The molecule has 0 amide bonds. The van der Waals surface area contributed by atoms with Gasteiger partial charge in [-0.25, -0.2) is 4.99 Å². The Labute approximate surface area is 161 Å². The SMILES string of the molecule is C#CC1CCC(N2CCN(C(C)=Nc3ccsc3C(=O)CC)CC2)CC1. The minimum atomic E-state index is 0.180. The average Bonchev–Trinajstić information content (AvgIpc) is 3.15. The minimum Gasteiger partial charge on any atom is -0.358 e. The summed E-state index contributed by atoms with van der Waals surface area (Å²) < 4.78 is 0. The van der Waals surface area contributed by atoms with Gasteiger partial charge in [-0.15, -0.1) is 23.7 Å². The van der Waals surface area contributed by atoms with Crippen molar-refractivity contribution in [3.05, 3.63) is 16.3 Å². The Kier molecular flexibility index (Phi) is 6.50. The summed E-state index contributed by atoms with van der Waals surface area (Å²) in [7, 11) is 0. The van der Waals surface area contributed by atoms with Gasteiger partial charge in [0.25, 0.3) is 0 Å². The van der Waals surface area contributed by atoms with Crippen molar-refractivity contribution in [2.24, 2.45) is 10.9 Å². The molecule has 0 bridgehead atoms. The first-order chi connectivity index (χ1) is 12.6. The number of rotatable bonds is 4. The highest BCUT2D eigenvalue weighted by atomic mass is 32.1. The molecule has 3 rings (SSSR count). The van der Waals surface area contributed by atoms with Crippen LogP contribution in [0.25, 0.3) is 0 Å². The van der Waals surface area contributed by atoms with E-state index in [1.807, 2.05) is 18.4 Å². The van der Waals surface area contributed by atoms with Crippen molar-refractivity contribution >= 4 is 28.6 Å². The molecular formula is C21H29N3OS. The normalized spacial score (nSPS) is 25.1. The second-order valence-corrected chi connectivity index (χ2v) is 8.18. The number of hydrogen-bond acceptors (Lipinski definition) is 4. The predicted molar refractivity (Wildman–Crippen MR) is 109 cm³/mol. The molecule has 1 aromatic heterocycles. The van der Waals surface area contributed by atoms with E-state index in [9.17, 15) is 4.79 Å². The van der Waals surface area contributed by atoms with E-state index in [1.165, 1.54) is 37.0 Å². The molecule has 140 valence electrons. The maximum atomic E-state index is 12.0. The first-order valence-electron chi connectivity index (χ1n) is 9.73. The van der Waals surface area contributed by atoms with E-state index < -0.39 is 0 Å². The van der Waals surface area contributed by atoms with Gasteiger partial charge in [0.15, 0.2) is 5.78 Å². The fourth-order valence-electron chi connectivity index (χ4n) is 4.02. The zero-order chi connectivity index (χ0) is 18.5. The number of thiophene rings is 1. The largest absolute Gasteiger partial charge is 0.358 e. The number of amidine groups is 1. The number of Topliss-reactive ketones (excluding diaryl/α,β-unsaturated/α-hetero) is 1. The Hall–Kier alpha value is -1.64. The van der Waals surface area contributed by atoms with Crippen LogP contribution < -0.4 is 0 Å². The highest BCUT2D eigenvalue weighted by Gasteiger charge is 2.28. The van der Waals surface area contributed by atoms with Gasteiger partial charge >= 0.3 is 0 Å². The fraction of sp³-hybridized carbons (Fsp3) is 0.619. The monoisotopic (exact) mass is 371 g/mol. The predicted octanol–water partition coefficient (Wildman–Crippen LogP) is 4.20. The third kappa shape index (κ3) is 4.36. The molecule has 0 atom stereocenters. The Morgan fingerprint density at radius 3 is 2.58 bits per heavy atom. The molecule has 1 saturated heterocycles.